The van der Waals surface area contributed by atoms with Gasteiger partial charge in [-0.25, -0.2) is 4.39 Å². The van der Waals surface area contributed by atoms with E-state index in [4.69, 9.17) is 23.2 Å². The van der Waals surface area contributed by atoms with Gasteiger partial charge in [-0.1, -0.05) is 84.7 Å². The quantitative estimate of drug-likeness (QED) is 0.261. The van der Waals surface area contributed by atoms with Crippen LogP contribution in [0.25, 0.3) is 0 Å². The fourth-order valence-electron chi connectivity index (χ4n) is 3.80. The summed E-state index contributed by atoms with van der Waals surface area (Å²) in [4.78, 5) is 28.8. The van der Waals surface area contributed by atoms with Crippen LogP contribution in [0, 0.1) is 5.82 Å². The highest BCUT2D eigenvalue weighted by molar-refractivity contribution is 7.99. The highest BCUT2D eigenvalue weighted by Gasteiger charge is 2.31. The van der Waals surface area contributed by atoms with Crippen molar-refractivity contribution in [2.45, 2.75) is 51.1 Å². The summed E-state index contributed by atoms with van der Waals surface area (Å²) >= 11 is 13.9. The monoisotopic (exact) mass is 560 g/mol. The van der Waals surface area contributed by atoms with Gasteiger partial charge >= 0.3 is 0 Å². The van der Waals surface area contributed by atoms with E-state index in [0.29, 0.717) is 22.0 Å². The van der Waals surface area contributed by atoms with Gasteiger partial charge in [0.15, 0.2) is 0 Å². The summed E-state index contributed by atoms with van der Waals surface area (Å²) in [5, 5.41) is 3.89. The zero-order valence-electron chi connectivity index (χ0n) is 20.9. The van der Waals surface area contributed by atoms with Gasteiger partial charge in [0.25, 0.3) is 0 Å². The minimum Gasteiger partial charge on any atom is -0.352 e. The Morgan fingerprint density at radius 3 is 2.32 bits per heavy atom. The lowest BCUT2D eigenvalue weighted by molar-refractivity contribution is -0.139. The second kappa shape index (κ2) is 14.4. The second-order valence-corrected chi connectivity index (χ2v) is 10.6. The molecular weight excluding hydrogens is 530 g/mol. The van der Waals surface area contributed by atoms with Crippen LogP contribution in [0.15, 0.2) is 72.8 Å². The number of carbonyl (C=O) groups excluding carboxylic acids is 2. The summed E-state index contributed by atoms with van der Waals surface area (Å²) < 4.78 is 14.2. The lowest BCUT2D eigenvalue weighted by Crippen LogP contribution is -2.52. The summed E-state index contributed by atoms with van der Waals surface area (Å²) in [5.41, 5.74) is 2.04. The molecule has 37 heavy (non-hydrogen) atoms. The minimum absolute atomic E-state index is 0.0411. The van der Waals surface area contributed by atoms with Crippen molar-refractivity contribution in [2.75, 3.05) is 5.75 Å². The van der Waals surface area contributed by atoms with Crippen molar-refractivity contribution in [1.82, 2.24) is 10.2 Å². The number of nitrogens with one attached hydrogen (secondary N) is 1. The van der Waals surface area contributed by atoms with Crippen LogP contribution in [-0.4, -0.2) is 34.6 Å². The number of benzene rings is 3. The molecule has 0 bridgehead atoms. The molecule has 0 aromatic heterocycles. The lowest BCUT2D eigenvalue weighted by atomic mass is 10.0. The zero-order valence-corrected chi connectivity index (χ0v) is 23.3. The van der Waals surface area contributed by atoms with Gasteiger partial charge in [0, 0.05) is 40.4 Å². The molecule has 2 atom stereocenters. The van der Waals surface area contributed by atoms with E-state index in [2.05, 4.69) is 5.32 Å². The molecule has 3 aromatic rings. The van der Waals surface area contributed by atoms with Crippen molar-refractivity contribution >= 4 is 46.8 Å². The molecule has 0 saturated heterocycles. The van der Waals surface area contributed by atoms with Crippen LogP contribution in [0.2, 0.25) is 10.0 Å². The summed E-state index contributed by atoms with van der Waals surface area (Å²) in [6, 6.07) is 20.6. The molecule has 0 aliphatic carbocycles. The molecule has 1 N–H and O–H groups in total. The topological polar surface area (TPSA) is 49.4 Å². The van der Waals surface area contributed by atoms with Gasteiger partial charge in [0.2, 0.25) is 11.8 Å². The third kappa shape index (κ3) is 8.49. The molecule has 3 rings (SSSR count). The molecule has 0 aliphatic rings. The van der Waals surface area contributed by atoms with Gasteiger partial charge in [0.1, 0.15) is 11.9 Å². The molecule has 4 nitrogen and oxygen atoms in total. The maximum Gasteiger partial charge on any atom is 0.243 e. The van der Waals surface area contributed by atoms with Crippen LogP contribution in [0.4, 0.5) is 4.39 Å². The van der Waals surface area contributed by atoms with E-state index in [1.54, 1.807) is 23.1 Å². The van der Waals surface area contributed by atoms with Crippen LogP contribution < -0.4 is 5.32 Å². The Kier molecular flexibility index (Phi) is 11.3. The van der Waals surface area contributed by atoms with Gasteiger partial charge in [-0.3, -0.25) is 9.59 Å². The molecule has 0 radical (unpaired) electrons. The van der Waals surface area contributed by atoms with Crippen molar-refractivity contribution in [1.29, 1.82) is 0 Å². The molecule has 2 amide bonds. The molecule has 0 saturated carbocycles. The van der Waals surface area contributed by atoms with Crippen LogP contribution >= 0.6 is 35.0 Å². The minimum atomic E-state index is -0.752. The summed E-state index contributed by atoms with van der Waals surface area (Å²) in [7, 11) is 0. The summed E-state index contributed by atoms with van der Waals surface area (Å²) in [6.07, 6.45) is 1.12. The van der Waals surface area contributed by atoms with E-state index >= 15 is 0 Å². The van der Waals surface area contributed by atoms with E-state index < -0.39 is 11.9 Å². The van der Waals surface area contributed by atoms with Gasteiger partial charge < -0.3 is 10.2 Å². The summed E-state index contributed by atoms with van der Waals surface area (Å²) in [6.45, 7) is 4.10. The molecule has 2 unspecified atom stereocenters. The highest BCUT2D eigenvalue weighted by Crippen LogP contribution is 2.26. The second-order valence-electron chi connectivity index (χ2n) is 8.83. The normalized spacial score (nSPS) is 12.6. The van der Waals surface area contributed by atoms with Crippen molar-refractivity contribution in [3.8, 4) is 0 Å². The van der Waals surface area contributed by atoms with Crippen LogP contribution in [0.1, 0.15) is 37.0 Å². The number of amides is 2. The van der Waals surface area contributed by atoms with E-state index in [1.807, 2.05) is 62.4 Å². The maximum absolute atomic E-state index is 14.2. The Bertz CT molecular complexity index is 1180. The average Bonchev–Trinajstić information content (AvgIpc) is 2.89. The van der Waals surface area contributed by atoms with E-state index in [0.717, 1.165) is 17.5 Å². The fourth-order valence-corrected chi connectivity index (χ4v) is 5.24. The Balaban J connectivity index is 1.89. The molecule has 3 aromatic carbocycles. The first-order valence-electron chi connectivity index (χ1n) is 12.2. The largest absolute Gasteiger partial charge is 0.352 e. The van der Waals surface area contributed by atoms with Gasteiger partial charge in [0.05, 0.1) is 5.75 Å². The van der Waals surface area contributed by atoms with Gasteiger partial charge in [-0.2, -0.15) is 0 Å². The molecule has 196 valence electrons. The maximum atomic E-state index is 14.2. The fraction of sp³-hybridized carbons (Fsp3) is 0.310. The third-order valence-corrected chi connectivity index (χ3v) is 7.77. The number of nitrogens with zero attached hydrogens (tertiary/aromatic N) is 1. The van der Waals surface area contributed by atoms with Crippen molar-refractivity contribution in [2.24, 2.45) is 0 Å². The summed E-state index contributed by atoms with van der Waals surface area (Å²) in [5.74, 6) is -0.579. The van der Waals surface area contributed by atoms with Crippen LogP contribution in [0.5, 0.6) is 0 Å². The number of rotatable bonds is 12. The molecule has 0 heterocycles. The number of hydrogen-bond acceptors (Lipinski definition) is 3. The van der Waals surface area contributed by atoms with E-state index in [-0.39, 0.29) is 35.9 Å². The number of halogens is 3. The van der Waals surface area contributed by atoms with Gasteiger partial charge in [-0.15, -0.1) is 11.8 Å². The Morgan fingerprint density at radius 2 is 1.65 bits per heavy atom. The zero-order chi connectivity index (χ0) is 26.8. The van der Waals surface area contributed by atoms with Crippen molar-refractivity contribution < 1.29 is 14.0 Å². The first-order valence-corrected chi connectivity index (χ1v) is 14.1. The number of thioether (sulfide) groups is 1. The smallest absolute Gasteiger partial charge is 0.243 e. The Labute approximate surface area is 232 Å². The molecule has 0 spiro atoms. The molecule has 0 fully saturated rings. The van der Waals surface area contributed by atoms with Gasteiger partial charge in [-0.05, 0) is 42.7 Å². The first-order chi connectivity index (χ1) is 17.8. The Morgan fingerprint density at radius 1 is 0.973 bits per heavy atom. The van der Waals surface area contributed by atoms with Crippen molar-refractivity contribution in [3.05, 3.63) is 105 Å². The molecule has 8 heteroatoms. The molecular formula is C29H31Cl2FN2O2S. The SMILES string of the molecule is CCC(C)NC(=O)C(Cc1ccccc1)N(Cc1ccccc1Cl)C(=O)CSCc1c(F)cccc1Cl. The molecule has 0 aliphatic heterocycles. The van der Waals surface area contributed by atoms with Crippen molar-refractivity contribution in [3.63, 3.8) is 0 Å². The van der Waals surface area contributed by atoms with Crippen LogP contribution in [0.3, 0.4) is 0 Å². The predicted octanol–water partition coefficient (Wildman–Crippen LogP) is 6.92. The Hall–Kier alpha value is -2.54. The third-order valence-electron chi connectivity index (χ3n) is 6.10. The van der Waals surface area contributed by atoms with Crippen LogP contribution in [-0.2, 0) is 28.3 Å². The first kappa shape index (κ1) is 29.0. The average molecular weight is 562 g/mol. The number of hydrogen-bond donors (Lipinski definition) is 1. The van der Waals surface area contributed by atoms with E-state index in [9.17, 15) is 14.0 Å². The predicted molar refractivity (Wildman–Crippen MR) is 151 cm³/mol. The lowest BCUT2D eigenvalue weighted by Gasteiger charge is -2.32. The standard InChI is InChI=1S/C29H31Cl2FN2O2S/c1-3-20(2)33-29(36)27(16-21-10-5-4-6-11-21)34(17-22-12-7-8-13-24(22)30)28(35)19-37-18-23-25(31)14-9-15-26(23)32/h4-15,20,27H,3,16-19H2,1-2H3,(H,33,36). The van der Waals surface area contributed by atoms with E-state index in [1.165, 1.54) is 17.8 Å². The highest BCUT2D eigenvalue weighted by atomic mass is 35.5. The number of carbonyl (C=O) groups is 2.